The summed E-state index contributed by atoms with van der Waals surface area (Å²) < 4.78 is 15.6. The first-order valence-corrected chi connectivity index (χ1v) is 6.16. The van der Waals surface area contributed by atoms with Gasteiger partial charge in [-0.3, -0.25) is 4.79 Å². The molecule has 8 nitrogen and oxygen atoms in total. The zero-order valence-corrected chi connectivity index (χ0v) is 12.0. The van der Waals surface area contributed by atoms with Crippen molar-refractivity contribution in [2.45, 2.75) is 6.54 Å². The number of carbonyl (C=O) groups is 1. The lowest BCUT2D eigenvalue weighted by molar-refractivity contribution is -0.750. The Morgan fingerprint density at radius 1 is 1.43 bits per heavy atom. The second-order valence-corrected chi connectivity index (χ2v) is 4.36. The smallest absolute Gasteiger partial charge is 0.293 e. The molecule has 0 unspecified atom stereocenters. The van der Waals surface area contributed by atoms with Gasteiger partial charge in [0.25, 0.3) is 12.5 Å². The molecule has 0 aliphatic heterocycles. The zero-order chi connectivity index (χ0) is 15.4. The number of rotatable bonds is 5. The quantitative estimate of drug-likeness (QED) is 0.799. The third-order valence-electron chi connectivity index (χ3n) is 2.54. The monoisotopic (exact) mass is 313 g/mol. The molecule has 1 N–H and O–H groups in total. The van der Waals surface area contributed by atoms with E-state index in [9.17, 15) is 9.90 Å². The van der Waals surface area contributed by atoms with Crippen molar-refractivity contribution in [3.63, 3.8) is 0 Å². The van der Waals surface area contributed by atoms with Crippen molar-refractivity contribution in [1.29, 1.82) is 0 Å². The third kappa shape index (κ3) is 3.54. The van der Waals surface area contributed by atoms with Gasteiger partial charge in [0.1, 0.15) is 17.4 Å². The van der Waals surface area contributed by atoms with Gasteiger partial charge >= 0.3 is 0 Å². The van der Waals surface area contributed by atoms with E-state index in [0.29, 0.717) is 22.2 Å². The molecule has 1 heterocycles. The average molecular weight is 314 g/mol. The molecule has 0 atom stereocenters. The number of ether oxygens (including phenoxy) is 2. The van der Waals surface area contributed by atoms with E-state index in [0.717, 1.165) is 10.9 Å². The molecule has 1 aromatic carbocycles. The molecule has 1 aromatic heterocycles. The minimum Gasteiger partial charge on any atom is -0.539 e. The summed E-state index contributed by atoms with van der Waals surface area (Å²) in [5.41, 5.74) is 0.375. The first kappa shape index (κ1) is 14.9. The van der Waals surface area contributed by atoms with Crippen LogP contribution in [0, 0.1) is 0 Å². The minimum atomic E-state index is -0.632. The first-order chi connectivity index (χ1) is 10.0. The number of anilines is 1. The highest BCUT2D eigenvalue weighted by Crippen LogP contribution is 2.35. The maximum atomic E-state index is 11.9. The SMILES string of the molecule is COc1cc(OC)c(NC(=O)C[n+]2cc([O-])on2)cc1Cl. The van der Waals surface area contributed by atoms with E-state index in [2.05, 4.69) is 15.1 Å². The van der Waals surface area contributed by atoms with Crippen LogP contribution >= 0.6 is 11.6 Å². The summed E-state index contributed by atoms with van der Waals surface area (Å²) >= 11 is 6.00. The molecular formula is C12H12ClN3O5. The third-order valence-corrected chi connectivity index (χ3v) is 2.84. The van der Waals surface area contributed by atoms with Crippen LogP contribution in [-0.4, -0.2) is 25.4 Å². The number of aromatic nitrogens is 2. The molecule has 21 heavy (non-hydrogen) atoms. The fourth-order valence-corrected chi connectivity index (χ4v) is 1.87. The van der Waals surface area contributed by atoms with E-state index < -0.39 is 11.9 Å². The van der Waals surface area contributed by atoms with Crippen LogP contribution in [0.3, 0.4) is 0 Å². The summed E-state index contributed by atoms with van der Waals surface area (Å²) in [5, 5.41) is 17.1. The van der Waals surface area contributed by atoms with E-state index in [4.69, 9.17) is 21.1 Å². The Hall–Kier alpha value is -2.48. The van der Waals surface area contributed by atoms with Gasteiger partial charge in [0.2, 0.25) is 6.20 Å². The van der Waals surface area contributed by atoms with Gasteiger partial charge in [-0.1, -0.05) is 16.3 Å². The Kier molecular flexibility index (Phi) is 4.49. The number of amides is 1. The Balaban J connectivity index is 2.14. The number of nitrogens with one attached hydrogen (secondary N) is 1. The number of halogens is 1. The molecule has 0 fully saturated rings. The zero-order valence-electron chi connectivity index (χ0n) is 11.3. The van der Waals surface area contributed by atoms with Crippen molar-refractivity contribution in [1.82, 2.24) is 5.27 Å². The van der Waals surface area contributed by atoms with Crippen LogP contribution in [-0.2, 0) is 11.3 Å². The van der Waals surface area contributed by atoms with Crippen LogP contribution in [0.1, 0.15) is 0 Å². The molecule has 0 bridgehead atoms. The molecule has 0 saturated carbocycles. The Morgan fingerprint density at radius 2 is 2.14 bits per heavy atom. The maximum absolute atomic E-state index is 11.9. The summed E-state index contributed by atoms with van der Waals surface area (Å²) in [6, 6.07) is 3.06. The second kappa shape index (κ2) is 6.31. The van der Waals surface area contributed by atoms with Crippen LogP contribution in [0.25, 0.3) is 0 Å². The summed E-state index contributed by atoms with van der Waals surface area (Å²) in [6.07, 6.45) is 1.07. The number of nitrogens with zero attached hydrogens (tertiary/aromatic N) is 2. The molecule has 0 aliphatic rings. The summed E-state index contributed by atoms with van der Waals surface area (Å²) in [7, 11) is 2.93. The highest BCUT2D eigenvalue weighted by atomic mass is 35.5. The summed E-state index contributed by atoms with van der Waals surface area (Å²) in [4.78, 5) is 11.9. The fraction of sp³-hybridized carbons (Fsp3) is 0.250. The van der Waals surface area contributed by atoms with E-state index in [1.165, 1.54) is 20.3 Å². The minimum absolute atomic E-state index is 0.182. The van der Waals surface area contributed by atoms with Crippen LogP contribution in [0.2, 0.25) is 5.02 Å². The first-order valence-electron chi connectivity index (χ1n) is 5.78. The van der Waals surface area contributed by atoms with Crippen LogP contribution in [0.5, 0.6) is 17.4 Å². The molecule has 1 amide bonds. The topological polar surface area (TPSA) is 101 Å². The Bertz CT molecular complexity index is 658. The van der Waals surface area contributed by atoms with Crippen LogP contribution in [0.4, 0.5) is 5.69 Å². The largest absolute Gasteiger partial charge is 0.539 e. The van der Waals surface area contributed by atoms with E-state index in [1.54, 1.807) is 6.07 Å². The molecule has 9 heteroatoms. The van der Waals surface area contributed by atoms with Crippen molar-refractivity contribution >= 4 is 23.2 Å². The molecule has 2 aromatic rings. The van der Waals surface area contributed by atoms with Gasteiger partial charge in [-0.15, -0.1) is 0 Å². The van der Waals surface area contributed by atoms with Crippen molar-refractivity contribution < 1.29 is 28.6 Å². The predicted molar refractivity (Wildman–Crippen MR) is 69.3 cm³/mol. The van der Waals surface area contributed by atoms with Gasteiger partial charge in [0.05, 0.1) is 30.2 Å². The molecule has 0 aliphatic carbocycles. The highest BCUT2D eigenvalue weighted by molar-refractivity contribution is 6.32. The van der Waals surface area contributed by atoms with E-state index >= 15 is 0 Å². The van der Waals surface area contributed by atoms with Gasteiger partial charge in [-0.2, -0.15) is 0 Å². The van der Waals surface area contributed by atoms with E-state index in [-0.39, 0.29) is 6.54 Å². The number of carbonyl (C=O) groups excluding carboxylic acids is 1. The number of hydrogen-bond donors (Lipinski definition) is 1. The standard InChI is InChI=1S/C12H12ClN3O5/c1-19-9-4-10(20-2)8(3-7(9)13)14-11(17)5-16-6-12(18)21-15-16/h3-4,6H,5H2,1-2H3,(H-,14,15,17,18). The second-order valence-electron chi connectivity index (χ2n) is 3.95. The van der Waals surface area contributed by atoms with Gasteiger partial charge in [0.15, 0.2) is 0 Å². The van der Waals surface area contributed by atoms with Crippen LogP contribution < -0.4 is 24.6 Å². The van der Waals surface area contributed by atoms with Crippen molar-refractivity contribution in [3.05, 3.63) is 23.4 Å². The van der Waals surface area contributed by atoms with Crippen molar-refractivity contribution in [3.8, 4) is 17.4 Å². The Morgan fingerprint density at radius 3 is 2.71 bits per heavy atom. The lowest BCUT2D eigenvalue weighted by Gasteiger charge is -2.12. The van der Waals surface area contributed by atoms with Crippen molar-refractivity contribution in [2.24, 2.45) is 0 Å². The number of hydrogen-bond acceptors (Lipinski definition) is 6. The Labute approximate surface area is 124 Å². The van der Waals surface area contributed by atoms with Gasteiger partial charge in [-0.05, 0) is 6.07 Å². The lowest BCUT2D eigenvalue weighted by atomic mass is 10.2. The van der Waals surface area contributed by atoms with Crippen LogP contribution in [0.15, 0.2) is 22.9 Å². The fourth-order valence-electron chi connectivity index (χ4n) is 1.63. The molecular weight excluding hydrogens is 302 g/mol. The van der Waals surface area contributed by atoms with Gasteiger partial charge in [-0.25, -0.2) is 0 Å². The average Bonchev–Trinajstić information content (AvgIpc) is 2.84. The number of methoxy groups -OCH3 is 2. The van der Waals surface area contributed by atoms with Gasteiger partial charge < -0.3 is 24.4 Å². The lowest BCUT2D eigenvalue weighted by Crippen LogP contribution is -2.41. The summed E-state index contributed by atoms with van der Waals surface area (Å²) in [5.74, 6) is -0.242. The maximum Gasteiger partial charge on any atom is 0.293 e. The highest BCUT2D eigenvalue weighted by Gasteiger charge is 2.16. The molecule has 0 radical (unpaired) electrons. The predicted octanol–water partition coefficient (Wildman–Crippen LogP) is 0.345. The van der Waals surface area contributed by atoms with Gasteiger partial charge in [0, 0.05) is 6.07 Å². The molecule has 0 saturated heterocycles. The number of benzene rings is 1. The summed E-state index contributed by atoms with van der Waals surface area (Å²) in [6.45, 7) is -0.182. The molecule has 112 valence electrons. The normalized spacial score (nSPS) is 10.2. The van der Waals surface area contributed by atoms with E-state index in [1.807, 2.05) is 0 Å². The van der Waals surface area contributed by atoms with Crippen molar-refractivity contribution in [2.75, 3.05) is 19.5 Å². The molecule has 0 spiro atoms. The molecule has 2 rings (SSSR count).